The van der Waals surface area contributed by atoms with E-state index in [-0.39, 0.29) is 24.3 Å². The number of aromatic nitrogens is 1. The molecule has 2 aromatic heterocycles. The summed E-state index contributed by atoms with van der Waals surface area (Å²) in [4.78, 5) is 12.6. The molecule has 7 heteroatoms. The number of aliphatic hydroxyl groups excluding tert-OH is 1. The Morgan fingerprint density at radius 1 is 1.32 bits per heavy atom. The van der Waals surface area contributed by atoms with E-state index >= 15 is 0 Å². The molecule has 28 heavy (non-hydrogen) atoms. The van der Waals surface area contributed by atoms with Gasteiger partial charge in [0.15, 0.2) is 0 Å². The van der Waals surface area contributed by atoms with Crippen molar-refractivity contribution in [3.63, 3.8) is 0 Å². The number of aliphatic hydroxyl groups is 1. The van der Waals surface area contributed by atoms with E-state index in [1.54, 1.807) is 42.1 Å². The molecule has 0 aliphatic heterocycles. The van der Waals surface area contributed by atoms with Gasteiger partial charge in [-0.3, -0.25) is 9.36 Å². The molecule has 0 saturated carbocycles. The van der Waals surface area contributed by atoms with Gasteiger partial charge in [0.1, 0.15) is 41.4 Å². The van der Waals surface area contributed by atoms with E-state index in [0.717, 1.165) is 5.56 Å². The predicted molar refractivity (Wildman–Crippen MR) is 103 cm³/mol. The van der Waals surface area contributed by atoms with E-state index in [9.17, 15) is 15.2 Å². The summed E-state index contributed by atoms with van der Waals surface area (Å²) < 4.78 is 12.8. The van der Waals surface area contributed by atoms with E-state index in [2.05, 4.69) is 5.32 Å². The van der Waals surface area contributed by atoms with Crippen molar-refractivity contribution in [3.05, 3.63) is 71.2 Å². The molecule has 1 atom stereocenters. The molecule has 0 radical (unpaired) electrons. The molecule has 7 nitrogen and oxygen atoms in total. The Labute approximate surface area is 162 Å². The third-order valence-electron chi connectivity index (χ3n) is 4.17. The summed E-state index contributed by atoms with van der Waals surface area (Å²) >= 11 is 0. The Morgan fingerprint density at radius 2 is 2.07 bits per heavy atom. The van der Waals surface area contributed by atoms with Crippen LogP contribution in [0.15, 0.2) is 53.2 Å². The predicted octanol–water partition coefficient (Wildman–Crippen LogP) is 2.73. The number of nitriles is 1. The topological polar surface area (TPSA) is 100 Å². The summed E-state index contributed by atoms with van der Waals surface area (Å²) in [5.41, 5.74) is 1.37. The maximum atomic E-state index is 12.6. The zero-order valence-corrected chi connectivity index (χ0v) is 15.7. The van der Waals surface area contributed by atoms with Gasteiger partial charge in [0, 0.05) is 18.9 Å². The van der Waals surface area contributed by atoms with Gasteiger partial charge >= 0.3 is 0 Å². The van der Waals surface area contributed by atoms with Crippen molar-refractivity contribution in [2.45, 2.75) is 20.0 Å². The Bertz CT molecular complexity index is 999. The highest BCUT2D eigenvalue weighted by Crippen LogP contribution is 2.25. The number of carbonyl (C=O) groups excluding carboxylic acids is 1. The van der Waals surface area contributed by atoms with Crippen molar-refractivity contribution >= 4 is 5.91 Å². The molecule has 0 spiro atoms. The number of amides is 1. The largest absolute Gasteiger partial charge is 0.491 e. The van der Waals surface area contributed by atoms with Gasteiger partial charge < -0.3 is 19.6 Å². The summed E-state index contributed by atoms with van der Waals surface area (Å²) in [6, 6.07) is 13.1. The molecule has 3 rings (SSSR count). The summed E-state index contributed by atoms with van der Waals surface area (Å²) in [5.74, 6) is 0.798. The highest BCUT2D eigenvalue weighted by atomic mass is 16.5. The van der Waals surface area contributed by atoms with Crippen LogP contribution < -0.4 is 10.1 Å². The summed E-state index contributed by atoms with van der Waals surface area (Å²) in [5, 5.41) is 22.2. The minimum absolute atomic E-state index is 0.0149. The number of furan rings is 1. The molecule has 0 fully saturated rings. The first-order valence-corrected chi connectivity index (χ1v) is 8.82. The van der Waals surface area contributed by atoms with Crippen molar-refractivity contribution in [3.8, 4) is 17.7 Å². The molecule has 2 N–H and O–H groups in total. The summed E-state index contributed by atoms with van der Waals surface area (Å²) in [6.07, 6.45) is 2.56. The number of hydrogen-bond acceptors (Lipinski definition) is 5. The van der Waals surface area contributed by atoms with Crippen molar-refractivity contribution in [1.82, 2.24) is 9.88 Å². The zero-order chi connectivity index (χ0) is 20.1. The second-order valence-electron chi connectivity index (χ2n) is 6.41. The first-order chi connectivity index (χ1) is 13.5. The van der Waals surface area contributed by atoms with E-state index in [1.807, 2.05) is 31.2 Å². The van der Waals surface area contributed by atoms with Crippen LogP contribution in [0.4, 0.5) is 0 Å². The average molecular weight is 379 g/mol. The van der Waals surface area contributed by atoms with Crippen LogP contribution in [-0.2, 0) is 0 Å². The standard InChI is InChI=1S/C21H21N3O4/c1-14-6-5-7-17(10-14)27-13-16(25)12-23-20(26)19-15(2)28-21(18(19)11-22)24-8-3-4-9-24/h3-10,16,25H,12-13H2,1-2H3,(H,23,26). The number of carbonyl (C=O) groups is 1. The van der Waals surface area contributed by atoms with Crippen LogP contribution in [0.5, 0.6) is 5.75 Å². The van der Waals surface area contributed by atoms with Crippen LogP contribution in [0, 0.1) is 25.2 Å². The lowest BCUT2D eigenvalue weighted by Gasteiger charge is -2.13. The molecule has 1 aromatic carbocycles. The normalized spacial score (nSPS) is 11.6. The Morgan fingerprint density at radius 3 is 2.75 bits per heavy atom. The molecule has 2 heterocycles. The third kappa shape index (κ3) is 4.24. The number of nitrogens with zero attached hydrogens (tertiary/aromatic N) is 2. The van der Waals surface area contributed by atoms with Crippen molar-refractivity contribution in [2.75, 3.05) is 13.2 Å². The minimum Gasteiger partial charge on any atom is -0.491 e. The van der Waals surface area contributed by atoms with E-state index in [4.69, 9.17) is 9.15 Å². The molecule has 3 aromatic rings. The first kappa shape index (κ1) is 19.3. The van der Waals surface area contributed by atoms with E-state index in [1.165, 1.54) is 0 Å². The maximum absolute atomic E-state index is 12.6. The Hall–Kier alpha value is -3.50. The second-order valence-corrected chi connectivity index (χ2v) is 6.41. The van der Waals surface area contributed by atoms with Crippen LogP contribution >= 0.6 is 0 Å². The second kappa shape index (κ2) is 8.46. The fourth-order valence-electron chi connectivity index (χ4n) is 2.81. The zero-order valence-electron chi connectivity index (χ0n) is 15.7. The lowest BCUT2D eigenvalue weighted by atomic mass is 10.1. The van der Waals surface area contributed by atoms with Crippen LogP contribution in [0.25, 0.3) is 5.88 Å². The smallest absolute Gasteiger partial charge is 0.256 e. The average Bonchev–Trinajstić information content (AvgIpc) is 3.31. The van der Waals surface area contributed by atoms with Crippen molar-refractivity contribution in [2.24, 2.45) is 0 Å². The molecular weight excluding hydrogens is 358 g/mol. The van der Waals surface area contributed by atoms with Crippen LogP contribution in [0.1, 0.15) is 27.2 Å². The Kier molecular flexibility index (Phi) is 5.82. The van der Waals surface area contributed by atoms with Crippen LogP contribution in [0.3, 0.4) is 0 Å². The summed E-state index contributed by atoms with van der Waals surface area (Å²) in [6.45, 7) is 3.60. The quantitative estimate of drug-likeness (QED) is 0.657. The minimum atomic E-state index is -0.897. The van der Waals surface area contributed by atoms with Crippen LogP contribution in [-0.4, -0.2) is 34.8 Å². The monoisotopic (exact) mass is 379 g/mol. The van der Waals surface area contributed by atoms with Crippen LogP contribution in [0.2, 0.25) is 0 Å². The van der Waals surface area contributed by atoms with Gasteiger partial charge in [0.2, 0.25) is 5.88 Å². The van der Waals surface area contributed by atoms with Gasteiger partial charge in [0.25, 0.3) is 5.91 Å². The number of nitrogens with one attached hydrogen (secondary N) is 1. The van der Waals surface area contributed by atoms with Gasteiger partial charge in [-0.2, -0.15) is 5.26 Å². The molecule has 0 aliphatic rings. The van der Waals surface area contributed by atoms with E-state index in [0.29, 0.717) is 17.4 Å². The molecule has 1 amide bonds. The molecule has 0 saturated heterocycles. The lowest BCUT2D eigenvalue weighted by Crippen LogP contribution is -2.35. The highest BCUT2D eigenvalue weighted by Gasteiger charge is 2.24. The molecule has 1 unspecified atom stereocenters. The fourth-order valence-corrected chi connectivity index (χ4v) is 2.81. The number of rotatable bonds is 7. The lowest BCUT2D eigenvalue weighted by molar-refractivity contribution is 0.0842. The first-order valence-electron chi connectivity index (χ1n) is 8.82. The molecule has 0 aliphatic carbocycles. The third-order valence-corrected chi connectivity index (χ3v) is 4.17. The molecular formula is C21H21N3O4. The van der Waals surface area contributed by atoms with Crippen molar-refractivity contribution in [1.29, 1.82) is 5.26 Å². The SMILES string of the molecule is Cc1cccc(OCC(O)CNC(=O)c2c(C)oc(-n3cccc3)c2C#N)c1. The van der Waals surface area contributed by atoms with Gasteiger partial charge in [-0.1, -0.05) is 12.1 Å². The highest BCUT2D eigenvalue weighted by molar-refractivity contribution is 5.98. The fraction of sp³-hybridized carbons (Fsp3) is 0.238. The van der Waals surface area contributed by atoms with E-state index < -0.39 is 12.0 Å². The number of aryl methyl sites for hydroxylation is 2. The number of hydrogen-bond donors (Lipinski definition) is 2. The Balaban J connectivity index is 1.63. The van der Waals surface area contributed by atoms with Gasteiger partial charge in [-0.15, -0.1) is 0 Å². The van der Waals surface area contributed by atoms with Gasteiger partial charge in [-0.25, -0.2) is 0 Å². The molecule has 0 bridgehead atoms. The number of ether oxygens (including phenoxy) is 1. The maximum Gasteiger partial charge on any atom is 0.256 e. The van der Waals surface area contributed by atoms with Crippen molar-refractivity contribution < 1.29 is 19.1 Å². The van der Waals surface area contributed by atoms with Gasteiger partial charge in [0.05, 0.1) is 0 Å². The molecule has 144 valence electrons. The number of benzene rings is 1. The van der Waals surface area contributed by atoms with Gasteiger partial charge in [-0.05, 0) is 43.7 Å². The summed E-state index contributed by atoms with van der Waals surface area (Å²) in [7, 11) is 0.